The van der Waals surface area contributed by atoms with Gasteiger partial charge in [-0.25, -0.2) is 4.99 Å². The van der Waals surface area contributed by atoms with Crippen LogP contribution in [0.3, 0.4) is 0 Å². The maximum atomic E-state index is 5.07. The molecule has 0 bridgehead atoms. The number of rotatable bonds is 2. The maximum absolute atomic E-state index is 5.07. The highest BCUT2D eigenvalue weighted by atomic mass is 14.8. The van der Waals surface area contributed by atoms with Crippen LogP contribution in [0.1, 0.15) is 73.3 Å². The standard InChI is InChI=1S/C27H29N/c1-17-12-18(2)14-22(13-17)26-23-16-21(19-8-10-27(3,4)11-9-19)15-20-6-5-7-24(28-26)25(20)23/h5-7,12-16,19H,8-11H2,1-4H3. The fourth-order valence-corrected chi connectivity index (χ4v) is 5.19. The highest BCUT2D eigenvalue weighted by Gasteiger charge is 2.29. The summed E-state index contributed by atoms with van der Waals surface area (Å²) in [5, 5.41) is 2.68. The van der Waals surface area contributed by atoms with Gasteiger partial charge in [-0.15, -0.1) is 0 Å². The largest absolute Gasteiger partial charge is 0.247 e. The Kier molecular flexibility index (Phi) is 3.98. The van der Waals surface area contributed by atoms with E-state index in [1.165, 1.54) is 64.3 Å². The molecule has 28 heavy (non-hydrogen) atoms. The van der Waals surface area contributed by atoms with Gasteiger partial charge in [-0.3, -0.25) is 0 Å². The minimum atomic E-state index is 0.503. The normalized spacial score (nSPS) is 18.5. The molecule has 1 saturated carbocycles. The molecule has 0 unspecified atom stereocenters. The van der Waals surface area contributed by atoms with Gasteiger partial charge >= 0.3 is 0 Å². The Balaban J connectivity index is 1.63. The van der Waals surface area contributed by atoms with E-state index in [9.17, 15) is 0 Å². The summed E-state index contributed by atoms with van der Waals surface area (Å²) in [6.07, 6.45) is 5.24. The van der Waals surface area contributed by atoms with Crippen molar-refractivity contribution in [3.05, 3.63) is 76.3 Å². The van der Waals surface area contributed by atoms with E-state index in [1.807, 2.05) is 0 Å². The minimum absolute atomic E-state index is 0.503. The van der Waals surface area contributed by atoms with Gasteiger partial charge in [0.15, 0.2) is 0 Å². The van der Waals surface area contributed by atoms with Gasteiger partial charge in [-0.1, -0.05) is 49.2 Å². The summed E-state index contributed by atoms with van der Waals surface area (Å²) in [5.41, 5.74) is 9.47. The van der Waals surface area contributed by atoms with Crippen LogP contribution in [0.4, 0.5) is 5.69 Å². The van der Waals surface area contributed by atoms with Crippen LogP contribution in [-0.4, -0.2) is 5.71 Å². The molecular weight excluding hydrogens is 338 g/mol. The second kappa shape index (κ2) is 6.30. The number of nitrogens with zero attached hydrogens (tertiary/aromatic N) is 1. The Morgan fingerprint density at radius 1 is 0.893 bits per heavy atom. The van der Waals surface area contributed by atoms with E-state index in [-0.39, 0.29) is 0 Å². The molecule has 1 fully saturated rings. The molecule has 1 aliphatic heterocycles. The van der Waals surface area contributed by atoms with Gasteiger partial charge in [0.05, 0.1) is 11.4 Å². The zero-order valence-corrected chi connectivity index (χ0v) is 17.5. The average molecular weight is 368 g/mol. The molecule has 1 heteroatoms. The highest BCUT2D eigenvalue weighted by molar-refractivity contribution is 6.26. The fourth-order valence-electron chi connectivity index (χ4n) is 5.19. The second-order valence-corrected chi connectivity index (χ2v) is 9.72. The van der Waals surface area contributed by atoms with Crippen LogP contribution < -0.4 is 0 Å². The third-order valence-electron chi connectivity index (χ3n) is 6.77. The zero-order chi connectivity index (χ0) is 19.5. The first-order valence-electron chi connectivity index (χ1n) is 10.6. The summed E-state index contributed by atoms with van der Waals surface area (Å²) in [7, 11) is 0. The van der Waals surface area contributed by atoms with E-state index < -0.39 is 0 Å². The molecule has 0 amide bonds. The molecule has 0 atom stereocenters. The van der Waals surface area contributed by atoms with E-state index in [2.05, 4.69) is 76.2 Å². The van der Waals surface area contributed by atoms with Gasteiger partial charge in [0.2, 0.25) is 0 Å². The van der Waals surface area contributed by atoms with Crippen LogP contribution in [-0.2, 0) is 0 Å². The third-order valence-corrected chi connectivity index (χ3v) is 6.77. The van der Waals surface area contributed by atoms with Crippen LogP contribution in [0.2, 0.25) is 0 Å². The first-order valence-corrected chi connectivity index (χ1v) is 10.6. The van der Waals surface area contributed by atoms with Crippen molar-refractivity contribution >= 4 is 22.2 Å². The van der Waals surface area contributed by atoms with E-state index in [0.717, 1.165) is 11.4 Å². The topological polar surface area (TPSA) is 12.4 Å². The smallest absolute Gasteiger partial charge is 0.0789 e. The Morgan fingerprint density at radius 3 is 2.32 bits per heavy atom. The number of benzene rings is 3. The monoisotopic (exact) mass is 367 g/mol. The molecule has 0 radical (unpaired) electrons. The summed E-state index contributed by atoms with van der Waals surface area (Å²) in [4.78, 5) is 5.07. The van der Waals surface area contributed by atoms with Gasteiger partial charge < -0.3 is 0 Å². The maximum Gasteiger partial charge on any atom is 0.0789 e. The predicted molar refractivity (Wildman–Crippen MR) is 120 cm³/mol. The first-order chi connectivity index (χ1) is 13.4. The highest BCUT2D eigenvalue weighted by Crippen LogP contribution is 2.45. The minimum Gasteiger partial charge on any atom is -0.247 e. The Labute approximate surface area is 168 Å². The van der Waals surface area contributed by atoms with E-state index >= 15 is 0 Å². The quantitative estimate of drug-likeness (QED) is 0.345. The Hall–Kier alpha value is -2.41. The fraction of sp³-hybridized carbons (Fsp3) is 0.370. The summed E-state index contributed by atoms with van der Waals surface area (Å²) in [6, 6.07) is 18.3. The number of hydrogen-bond donors (Lipinski definition) is 0. The molecule has 5 rings (SSSR count). The molecule has 1 nitrogen and oxygen atoms in total. The lowest BCUT2D eigenvalue weighted by Gasteiger charge is -2.34. The van der Waals surface area contributed by atoms with Crippen molar-refractivity contribution in [1.82, 2.24) is 0 Å². The summed E-state index contributed by atoms with van der Waals surface area (Å²) >= 11 is 0. The molecule has 2 aliphatic rings. The molecular formula is C27H29N. The Bertz CT molecular complexity index is 1090. The summed E-state index contributed by atoms with van der Waals surface area (Å²) in [5.74, 6) is 0.679. The third kappa shape index (κ3) is 2.98. The van der Waals surface area contributed by atoms with Crippen molar-refractivity contribution in [1.29, 1.82) is 0 Å². The van der Waals surface area contributed by atoms with Crippen LogP contribution in [0, 0.1) is 19.3 Å². The molecule has 3 aromatic carbocycles. The SMILES string of the molecule is Cc1cc(C)cc(C2=Nc3cccc4cc(C5CCC(C)(C)CC5)cc2c34)c1. The average Bonchev–Trinajstić information content (AvgIpc) is 3.01. The predicted octanol–water partition coefficient (Wildman–Crippen LogP) is 7.62. The summed E-state index contributed by atoms with van der Waals surface area (Å²) < 4.78 is 0. The van der Waals surface area contributed by atoms with E-state index in [0.29, 0.717) is 11.3 Å². The van der Waals surface area contributed by atoms with Crippen LogP contribution in [0.15, 0.2) is 53.5 Å². The van der Waals surface area contributed by atoms with Gasteiger partial charge in [0.1, 0.15) is 0 Å². The Morgan fingerprint density at radius 2 is 1.61 bits per heavy atom. The number of aliphatic imine (C=N–C) groups is 1. The lowest BCUT2D eigenvalue weighted by Crippen LogP contribution is -2.20. The molecule has 1 heterocycles. The number of aryl methyl sites for hydroxylation is 2. The molecule has 0 N–H and O–H groups in total. The molecule has 142 valence electrons. The van der Waals surface area contributed by atoms with Crippen molar-refractivity contribution in [3.8, 4) is 0 Å². The van der Waals surface area contributed by atoms with Crippen LogP contribution in [0.25, 0.3) is 10.8 Å². The lowest BCUT2D eigenvalue weighted by atomic mass is 9.71. The molecule has 0 saturated heterocycles. The van der Waals surface area contributed by atoms with Gasteiger partial charge in [0.25, 0.3) is 0 Å². The molecule has 0 spiro atoms. The first kappa shape index (κ1) is 17.7. The lowest BCUT2D eigenvalue weighted by molar-refractivity contribution is 0.224. The van der Waals surface area contributed by atoms with E-state index in [1.54, 1.807) is 0 Å². The van der Waals surface area contributed by atoms with Crippen molar-refractivity contribution < 1.29 is 0 Å². The van der Waals surface area contributed by atoms with Crippen molar-refractivity contribution in [2.24, 2.45) is 10.4 Å². The summed E-state index contributed by atoms with van der Waals surface area (Å²) in [6.45, 7) is 9.19. The second-order valence-electron chi connectivity index (χ2n) is 9.72. The van der Waals surface area contributed by atoms with Crippen LogP contribution >= 0.6 is 0 Å². The van der Waals surface area contributed by atoms with Gasteiger partial charge in [0, 0.05) is 16.5 Å². The van der Waals surface area contributed by atoms with Crippen LogP contribution in [0.5, 0.6) is 0 Å². The van der Waals surface area contributed by atoms with Crippen molar-refractivity contribution in [3.63, 3.8) is 0 Å². The molecule has 3 aromatic rings. The van der Waals surface area contributed by atoms with Gasteiger partial charge in [-0.05, 0) is 86.1 Å². The number of hydrogen-bond acceptors (Lipinski definition) is 1. The molecule has 0 aromatic heterocycles. The zero-order valence-electron chi connectivity index (χ0n) is 17.5. The van der Waals surface area contributed by atoms with Crippen molar-refractivity contribution in [2.45, 2.75) is 59.3 Å². The van der Waals surface area contributed by atoms with Gasteiger partial charge in [-0.2, -0.15) is 0 Å². The molecule has 1 aliphatic carbocycles. The van der Waals surface area contributed by atoms with Crippen molar-refractivity contribution in [2.75, 3.05) is 0 Å². The van der Waals surface area contributed by atoms with E-state index in [4.69, 9.17) is 4.99 Å².